The number of benzene rings is 2. The topological polar surface area (TPSA) is 54.9 Å². The van der Waals surface area contributed by atoms with E-state index in [1.54, 1.807) is 12.3 Å². The molecule has 0 aliphatic carbocycles. The Labute approximate surface area is 153 Å². The lowest BCUT2D eigenvalue weighted by Crippen LogP contribution is -2.23. The summed E-state index contributed by atoms with van der Waals surface area (Å²) in [4.78, 5) is 20.5. The first-order valence-corrected chi connectivity index (χ1v) is 8.26. The molecular weight excluding hydrogens is 355 g/mol. The number of hydrogen-bond acceptors (Lipinski definition) is 3. The van der Waals surface area contributed by atoms with E-state index < -0.39 is 11.7 Å². The monoisotopic (exact) mass is 371 g/mol. The molecule has 1 N–H and O–H groups in total. The standard InChI is InChI=1S/C20H16F3N3O/c21-20(22,23)15-7-5-14(6-8-15)11-12-24-19(27)10-9-16-13-25-17-3-1-2-4-18(17)26-16/h1-10,13H,11-12H2,(H,24,27). The van der Waals surface area contributed by atoms with Crippen LogP contribution in [-0.2, 0) is 17.4 Å². The molecule has 0 fully saturated rings. The van der Waals surface area contributed by atoms with Gasteiger partial charge in [-0.05, 0) is 42.3 Å². The average Bonchev–Trinajstić information content (AvgIpc) is 2.66. The number of para-hydroxylation sites is 2. The summed E-state index contributed by atoms with van der Waals surface area (Å²) in [6.07, 6.45) is 0.587. The molecule has 1 heterocycles. The molecule has 1 aromatic heterocycles. The summed E-state index contributed by atoms with van der Waals surface area (Å²) in [7, 11) is 0. The number of aromatic nitrogens is 2. The van der Waals surface area contributed by atoms with Crippen molar-refractivity contribution in [2.75, 3.05) is 6.54 Å². The van der Waals surface area contributed by atoms with E-state index in [1.165, 1.54) is 18.2 Å². The third-order valence-corrected chi connectivity index (χ3v) is 3.87. The summed E-state index contributed by atoms with van der Waals surface area (Å²) >= 11 is 0. The van der Waals surface area contributed by atoms with Gasteiger partial charge in [-0.3, -0.25) is 9.78 Å². The summed E-state index contributed by atoms with van der Waals surface area (Å²) in [5.41, 5.74) is 2.10. The first-order chi connectivity index (χ1) is 12.9. The second-order valence-corrected chi connectivity index (χ2v) is 5.85. The van der Waals surface area contributed by atoms with Gasteiger partial charge in [0.1, 0.15) is 0 Å². The second-order valence-electron chi connectivity index (χ2n) is 5.85. The van der Waals surface area contributed by atoms with Gasteiger partial charge < -0.3 is 5.32 Å². The highest BCUT2D eigenvalue weighted by atomic mass is 19.4. The predicted molar refractivity (Wildman–Crippen MR) is 96.7 cm³/mol. The van der Waals surface area contributed by atoms with E-state index in [0.29, 0.717) is 24.2 Å². The van der Waals surface area contributed by atoms with Gasteiger partial charge in [0, 0.05) is 12.6 Å². The highest BCUT2D eigenvalue weighted by molar-refractivity contribution is 5.91. The number of fused-ring (bicyclic) bond motifs is 1. The van der Waals surface area contributed by atoms with Crippen LogP contribution in [0.2, 0.25) is 0 Å². The van der Waals surface area contributed by atoms with Gasteiger partial charge >= 0.3 is 6.18 Å². The van der Waals surface area contributed by atoms with Gasteiger partial charge in [0.05, 0.1) is 28.5 Å². The zero-order valence-electron chi connectivity index (χ0n) is 14.2. The van der Waals surface area contributed by atoms with Crippen LogP contribution in [0.1, 0.15) is 16.8 Å². The summed E-state index contributed by atoms with van der Waals surface area (Å²) in [6, 6.07) is 12.3. The minimum Gasteiger partial charge on any atom is -0.352 e. The Bertz CT molecular complexity index is 966. The number of halogens is 3. The molecule has 1 amide bonds. The Hall–Kier alpha value is -3.22. The van der Waals surface area contributed by atoms with Gasteiger partial charge in [-0.1, -0.05) is 24.3 Å². The number of nitrogens with zero attached hydrogens (tertiary/aromatic N) is 2. The van der Waals surface area contributed by atoms with Crippen molar-refractivity contribution >= 4 is 23.0 Å². The molecule has 3 aromatic rings. The van der Waals surface area contributed by atoms with Crippen molar-refractivity contribution < 1.29 is 18.0 Å². The van der Waals surface area contributed by atoms with Crippen LogP contribution in [0, 0.1) is 0 Å². The fraction of sp³-hybridized carbons (Fsp3) is 0.150. The molecule has 7 heteroatoms. The van der Waals surface area contributed by atoms with Crippen LogP contribution in [0.5, 0.6) is 0 Å². The molecular formula is C20H16F3N3O. The smallest absolute Gasteiger partial charge is 0.352 e. The number of hydrogen-bond donors (Lipinski definition) is 1. The third kappa shape index (κ3) is 5.13. The van der Waals surface area contributed by atoms with E-state index in [1.807, 2.05) is 24.3 Å². The molecule has 0 saturated heterocycles. The van der Waals surface area contributed by atoms with Crippen molar-refractivity contribution in [3.05, 3.63) is 77.6 Å². The Balaban J connectivity index is 1.51. The number of rotatable bonds is 5. The lowest BCUT2D eigenvalue weighted by atomic mass is 10.1. The first-order valence-electron chi connectivity index (χ1n) is 8.26. The minimum absolute atomic E-state index is 0.308. The number of amides is 1. The molecule has 0 unspecified atom stereocenters. The Morgan fingerprint density at radius 3 is 2.44 bits per heavy atom. The molecule has 0 atom stereocenters. The maximum Gasteiger partial charge on any atom is 0.416 e. The van der Waals surface area contributed by atoms with E-state index >= 15 is 0 Å². The van der Waals surface area contributed by atoms with Crippen molar-refractivity contribution in [3.63, 3.8) is 0 Å². The van der Waals surface area contributed by atoms with Gasteiger partial charge in [0.15, 0.2) is 0 Å². The molecule has 3 rings (SSSR count). The predicted octanol–water partition coefficient (Wildman–Crippen LogP) is 4.02. The zero-order valence-corrected chi connectivity index (χ0v) is 14.2. The van der Waals surface area contributed by atoms with E-state index in [2.05, 4.69) is 15.3 Å². The van der Waals surface area contributed by atoms with Gasteiger partial charge in [0.25, 0.3) is 0 Å². The average molecular weight is 371 g/mol. The van der Waals surface area contributed by atoms with Gasteiger partial charge in [-0.15, -0.1) is 0 Å². The highest BCUT2D eigenvalue weighted by Gasteiger charge is 2.29. The molecule has 27 heavy (non-hydrogen) atoms. The Kier molecular flexibility index (Phi) is 5.49. The summed E-state index contributed by atoms with van der Waals surface area (Å²) in [5, 5.41) is 2.69. The van der Waals surface area contributed by atoms with E-state index in [4.69, 9.17) is 0 Å². The highest BCUT2D eigenvalue weighted by Crippen LogP contribution is 2.29. The Morgan fingerprint density at radius 2 is 1.74 bits per heavy atom. The van der Waals surface area contributed by atoms with E-state index in [9.17, 15) is 18.0 Å². The van der Waals surface area contributed by atoms with Crippen molar-refractivity contribution in [1.82, 2.24) is 15.3 Å². The fourth-order valence-corrected chi connectivity index (χ4v) is 2.46. The second kappa shape index (κ2) is 7.99. The van der Waals surface area contributed by atoms with Crippen molar-refractivity contribution in [2.45, 2.75) is 12.6 Å². The number of carbonyl (C=O) groups excluding carboxylic acids is 1. The van der Waals surface area contributed by atoms with E-state index in [-0.39, 0.29) is 5.91 Å². The number of nitrogens with one attached hydrogen (secondary N) is 1. The molecule has 0 bridgehead atoms. The molecule has 0 spiro atoms. The van der Waals surface area contributed by atoms with Gasteiger partial charge in [0.2, 0.25) is 5.91 Å². The quantitative estimate of drug-likeness (QED) is 0.689. The number of alkyl halides is 3. The van der Waals surface area contributed by atoms with Crippen LogP contribution in [0.25, 0.3) is 17.1 Å². The van der Waals surface area contributed by atoms with Crippen LogP contribution in [0.4, 0.5) is 13.2 Å². The lowest BCUT2D eigenvalue weighted by molar-refractivity contribution is -0.137. The van der Waals surface area contributed by atoms with Gasteiger partial charge in [-0.2, -0.15) is 13.2 Å². The SMILES string of the molecule is O=C(C=Cc1cnc2ccccc2n1)NCCc1ccc(C(F)(F)F)cc1. The first kappa shape index (κ1) is 18.6. The van der Waals surface area contributed by atoms with E-state index in [0.717, 1.165) is 23.2 Å². The van der Waals surface area contributed by atoms with Gasteiger partial charge in [-0.25, -0.2) is 4.98 Å². The lowest BCUT2D eigenvalue weighted by Gasteiger charge is -2.07. The summed E-state index contributed by atoms with van der Waals surface area (Å²) in [5.74, 6) is -0.308. The van der Waals surface area contributed by atoms with Crippen LogP contribution < -0.4 is 5.32 Å². The normalized spacial score (nSPS) is 11.8. The van der Waals surface area contributed by atoms with Crippen molar-refractivity contribution in [1.29, 1.82) is 0 Å². The minimum atomic E-state index is -4.34. The van der Waals surface area contributed by atoms with Crippen molar-refractivity contribution in [2.24, 2.45) is 0 Å². The largest absolute Gasteiger partial charge is 0.416 e. The maximum atomic E-state index is 12.5. The van der Waals surface area contributed by atoms with Crippen molar-refractivity contribution in [3.8, 4) is 0 Å². The van der Waals surface area contributed by atoms with Crippen LogP contribution >= 0.6 is 0 Å². The maximum absolute atomic E-state index is 12.5. The molecule has 0 radical (unpaired) electrons. The van der Waals surface area contributed by atoms with Crippen LogP contribution in [0.3, 0.4) is 0 Å². The third-order valence-electron chi connectivity index (χ3n) is 3.87. The molecule has 138 valence electrons. The summed E-state index contributed by atoms with van der Waals surface area (Å²) in [6.45, 7) is 0.317. The fourth-order valence-electron chi connectivity index (χ4n) is 2.46. The molecule has 0 aliphatic rings. The number of carbonyl (C=O) groups is 1. The molecule has 4 nitrogen and oxygen atoms in total. The molecule has 2 aromatic carbocycles. The van der Waals surface area contributed by atoms with Crippen LogP contribution in [0.15, 0.2) is 60.8 Å². The Morgan fingerprint density at radius 1 is 1.04 bits per heavy atom. The molecule has 0 saturated carbocycles. The zero-order chi connectivity index (χ0) is 19.3. The summed E-state index contributed by atoms with van der Waals surface area (Å²) < 4.78 is 37.5. The molecule has 0 aliphatic heterocycles. The van der Waals surface area contributed by atoms with Crippen LogP contribution in [-0.4, -0.2) is 22.4 Å².